The predicted octanol–water partition coefficient (Wildman–Crippen LogP) is 3.41. The first-order valence-corrected chi connectivity index (χ1v) is 8.71. The number of hydrogen-bond donors (Lipinski definition) is 2. The molecule has 2 heterocycles. The first-order valence-electron chi connectivity index (χ1n) is 8.71. The fourth-order valence-corrected chi connectivity index (χ4v) is 2.54. The molecule has 0 aliphatic rings. The van der Waals surface area contributed by atoms with Crippen LogP contribution in [-0.4, -0.2) is 46.8 Å². The van der Waals surface area contributed by atoms with Gasteiger partial charge in [0.05, 0.1) is 30.3 Å². The summed E-state index contributed by atoms with van der Waals surface area (Å²) in [4.78, 5) is 20.6. The highest BCUT2D eigenvalue weighted by atomic mass is 16.6. The number of ether oxygens (including phenoxy) is 2. The van der Waals surface area contributed by atoms with Crippen LogP contribution in [0.4, 0.5) is 16.2 Å². The van der Waals surface area contributed by atoms with Gasteiger partial charge in [0.15, 0.2) is 0 Å². The monoisotopic (exact) mass is 369 g/mol. The Morgan fingerprint density at radius 2 is 2.11 bits per heavy atom. The van der Waals surface area contributed by atoms with Crippen molar-refractivity contribution in [2.75, 3.05) is 30.9 Å². The second-order valence-electron chi connectivity index (χ2n) is 6.26. The number of anilines is 2. The van der Waals surface area contributed by atoms with Crippen LogP contribution in [0.1, 0.15) is 13.8 Å². The Kier molecular flexibility index (Phi) is 5.87. The molecule has 0 spiro atoms. The quantitative estimate of drug-likeness (QED) is 0.620. The zero-order valence-corrected chi connectivity index (χ0v) is 15.6. The maximum Gasteiger partial charge on any atom is 0.411 e. The van der Waals surface area contributed by atoms with Crippen LogP contribution in [-0.2, 0) is 9.47 Å². The molecule has 0 unspecified atom stereocenters. The van der Waals surface area contributed by atoms with Crippen molar-refractivity contribution in [3.05, 3.63) is 42.9 Å². The number of benzene rings is 1. The molecule has 0 bridgehead atoms. The van der Waals surface area contributed by atoms with Gasteiger partial charge in [0.25, 0.3) is 0 Å². The molecular formula is C19H23N5O3. The van der Waals surface area contributed by atoms with Crippen LogP contribution >= 0.6 is 0 Å². The molecule has 0 radical (unpaired) electrons. The van der Waals surface area contributed by atoms with E-state index in [9.17, 15) is 4.79 Å². The van der Waals surface area contributed by atoms with Crippen molar-refractivity contribution in [2.24, 2.45) is 0 Å². The zero-order valence-electron chi connectivity index (χ0n) is 15.6. The van der Waals surface area contributed by atoms with Gasteiger partial charge in [0, 0.05) is 37.3 Å². The lowest BCUT2D eigenvalue weighted by Crippen LogP contribution is -2.18. The summed E-state index contributed by atoms with van der Waals surface area (Å²) in [5.74, 6) is 0.547. The van der Waals surface area contributed by atoms with Crippen LogP contribution in [0.15, 0.2) is 42.9 Å². The van der Waals surface area contributed by atoms with Gasteiger partial charge in [0.1, 0.15) is 0 Å². The minimum absolute atomic E-state index is 0.189. The molecule has 2 N–H and O–H groups in total. The molecule has 0 aliphatic heterocycles. The van der Waals surface area contributed by atoms with E-state index in [1.165, 1.54) is 0 Å². The van der Waals surface area contributed by atoms with Gasteiger partial charge in [-0.15, -0.1) is 0 Å². The molecule has 0 atom stereocenters. The molecule has 1 amide bonds. The normalized spacial score (nSPS) is 11.0. The summed E-state index contributed by atoms with van der Waals surface area (Å²) in [6.45, 7) is 4.95. The third-order valence-electron chi connectivity index (χ3n) is 3.69. The van der Waals surface area contributed by atoms with Crippen LogP contribution in [0.5, 0.6) is 0 Å². The Balaban J connectivity index is 1.78. The Labute approximate surface area is 157 Å². The van der Waals surface area contributed by atoms with Crippen LogP contribution in [0.3, 0.4) is 0 Å². The van der Waals surface area contributed by atoms with Crippen molar-refractivity contribution in [3.63, 3.8) is 0 Å². The maximum absolute atomic E-state index is 11.7. The summed E-state index contributed by atoms with van der Waals surface area (Å²) in [6, 6.07) is 7.98. The van der Waals surface area contributed by atoms with Gasteiger partial charge < -0.3 is 14.8 Å². The summed E-state index contributed by atoms with van der Waals surface area (Å²) in [7, 11) is 1.67. The number of hydrogen-bond acceptors (Lipinski definition) is 6. The highest BCUT2D eigenvalue weighted by Crippen LogP contribution is 2.22. The van der Waals surface area contributed by atoms with Crippen LogP contribution in [0, 0.1) is 0 Å². The van der Waals surface area contributed by atoms with Crippen molar-refractivity contribution < 1.29 is 14.3 Å². The summed E-state index contributed by atoms with van der Waals surface area (Å²) >= 11 is 0. The number of carbonyl (C=O) groups is 1. The van der Waals surface area contributed by atoms with E-state index < -0.39 is 6.09 Å². The largest absolute Gasteiger partial charge is 0.447 e. The molecule has 0 saturated heterocycles. The number of amides is 1. The van der Waals surface area contributed by atoms with Gasteiger partial charge in [-0.3, -0.25) is 9.72 Å². The SMILES string of the molecule is COCCNc1cccc(-c2cn3cc(NC(=O)OC(C)C)cnc3n2)c1. The molecule has 2 aromatic heterocycles. The molecule has 8 nitrogen and oxygen atoms in total. The van der Waals surface area contributed by atoms with Crippen molar-refractivity contribution >= 4 is 23.2 Å². The number of imidazole rings is 1. The van der Waals surface area contributed by atoms with Crippen molar-refractivity contribution in [1.82, 2.24) is 14.4 Å². The molecule has 1 aromatic carbocycles. The number of nitrogens with zero attached hydrogens (tertiary/aromatic N) is 3. The molecule has 8 heteroatoms. The van der Waals surface area contributed by atoms with E-state index in [1.54, 1.807) is 37.8 Å². The van der Waals surface area contributed by atoms with Crippen LogP contribution in [0.2, 0.25) is 0 Å². The Morgan fingerprint density at radius 1 is 1.26 bits per heavy atom. The molecule has 3 aromatic rings. The topological polar surface area (TPSA) is 89.8 Å². The minimum Gasteiger partial charge on any atom is -0.447 e. The molecule has 142 valence electrons. The van der Waals surface area contributed by atoms with Gasteiger partial charge in [0.2, 0.25) is 5.78 Å². The summed E-state index contributed by atoms with van der Waals surface area (Å²) < 4.78 is 11.9. The van der Waals surface area contributed by atoms with Crippen LogP contribution in [0.25, 0.3) is 17.0 Å². The van der Waals surface area contributed by atoms with Crippen molar-refractivity contribution in [3.8, 4) is 11.3 Å². The Bertz CT molecular complexity index is 923. The van der Waals surface area contributed by atoms with E-state index in [0.29, 0.717) is 18.1 Å². The maximum atomic E-state index is 11.7. The number of methoxy groups -OCH3 is 1. The van der Waals surface area contributed by atoms with Gasteiger partial charge >= 0.3 is 6.09 Å². The number of fused-ring (bicyclic) bond motifs is 1. The molecule has 0 saturated carbocycles. The standard InChI is InChI=1S/C19H23N5O3/c1-13(2)27-19(25)22-16-10-21-18-23-17(12-24(18)11-16)14-5-4-6-15(9-14)20-7-8-26-3/h4-6,9-13,20H,7-8H2,1-3H3,(H,22,25). The second-order valence-corrected chi connectivity index (χ2v) is 6.26. The fourth-order valence-electron chi connectivity index (χ4n) is 2.54. The molecule has 3 rings (SSSR count). The number of rotatable bonds is 7. The number of aromatic nitrogens is 3. The number of nitrogens with one attached hydrogen (secondary N) is 2. The van der Waals surface area contributed by atoms with E-state index in [4.69, 9.17) is 9.47 Å². The van der Waals surface area contributed by atoms with Gasteiger partial charge in [-0.05, 0) is 26.0 Å². The van der Waals surface area contributed by atoms with Crippen LogP contribution < -0.4 is 10.6 Å². The van der Waals surface area contributed by atoms with E-state index >= 15 is 0 Å². The van der Waals surface area contributed by atoms with E-state index in [1.807, 2.05) is 30.5 Å². The summed E-state index contributed by atoms with van der Waals surface area (Å²) in [6.07, 6.45) is 4.47. The molecule has 27 heavy (non-hydrogen) atoms. The first-order chi connectivity index (χ1) is 13.0. The van der Waals surface area contributed by atoms with E-state index in [0.717, 1.165) is 23.5 Å². The summed E-state index contributed by atoms with van der Waals surface area (Å²) in [5, 5.41) is 5.96. The highest BCUT2D eigenvalue weighted by Gasteiger charge is 2.09. The third kappa shape index (κ3) is 4.95. The first kappa shape index (κ1) is 18.7. The second kappa shape index (κ2) is 8.50. The molecule has 0 aliphatic carbocycles. The third-order valence-corrected chi connectivity index (χ3v) is 3.69. The Morgan fingerprint density at radius 3 is 2.89 bits per heavy atom. The summed E-state index contributed by atoms with van der Waals surface area (Å²) in [5.41, 5.74) is 3.29. The average molecular weight is 369 g/mol. The van der Waals surface area contributed by atoms with Gasteiger partial charge in [-0.2, -0.15) is 0 Å². The highest BCUT2D eigenvalue weighted by molar-refractivity contribution is 5.84. The van der Waals surface area contributed by atoms with E-state index in [2.05, 4.69) is 20.6 Å². The van der Waals surface area contributed by atoms with Crippen molar-refractivity contribution in [2.45, 2.75) is 20.0 Å². The van der Waals surface area contributed by atoms with Gasteiger partial charge in [-0.1, -0.05) is 12.1 Å². The van der Waals surface area contributed by atoms with Gasteiger partial charge in [-0.25, -0.2) is 14.8 Å². The number of carbonyl (C=O) groups excluding carboxylic acids is 1. The fraction of sp³-hybridized carbons (Fsp3) is 0.316. The minimum atomic E-state index is -0.513. The average Bonchev–Trinajstić information content (AvgIpc) is 3.05. The lowest BCUT2D eigenvalue weighted by atomic mass is 10.1. The molecule has 0 fully saturated rings. The van der Waals surface area contributed by atoms with E-state index in [-0.39, 0.29) is 6.10 Å². The lowest BCUT2D eigenvalue weighted by molar-refractivity contribution is 0.130. The lowest BCUT2D eigenvalue weighted by Gasteiger charge is -2.09. The smallest absolute Gasteiger partial charge is 0.411 e. The Hall–Kier alpha value is -3.13. The predicted molar refractivity (Wildman–Crippen MR) is 104 cm³/mol. The van der Waals surface area contributed by atoms with Crippen molar-refractivity contribution in [1.29, 1.82) is 0 Å². The molecular weight excluding hydrogens is 346 g/mol. The zero-order chi connectivity index (χ0) is 19.2.